The summed E-state index contributed by atoms with van der Waals surface area (Å²) in [6.07, 6.45) is 28.9. The molecule has 0 saturated heterocycles. The molecule has 0 bridgehead atoms. The molecule has 0 radical (unpaired) electrons. The zero-order valence-electron chi connectivity index (χ0n) is 28.6. The normalized spacial score (nSPS) is 16.3. The fraction of sp³-hybridized carbons (Fsp3) is 0.659. The average molecular weight is 616 g/mol. The van der Waals surface area contributed by atoms with E-state index in [1.54, 1.807) is 18.2 Å². The summed E-state index contributed by atoms with van der Waals surface area (Å²) in [5.41, 5.74) is 2.02. The molecule has 1 aliphatic carbocycles. The standard InChI is InChI=1S/C41H61NO3/c1-3-5-7-9-10-11-12-13-15-17-31-44-39-28-26-37(27-29-39)41(43)45-40-30-25-36(32-38(40)33-42)24-23-35-21-19-34(20-22-35)18-16-14-8-6-4-2/h25-30,32,34-35H,3-24,31H2,1-2H3. The van der Waals surface area contributed by atoms with Gasteiger partial charge in [-0.05, 0) is 73.1 Å². The van der Waals surface area contributed by atoms with Crippen LogP contribution in [0, 0.1) is 23.2 Å². The Labute approximate surface area is 275 Å². The van der Waals surface area contributed by atoms with Crippen molar-refractivity contribution in [2.45, 2.75) is 155 Å². The third kappa shape index (κ3) is 14.9. The lowest BCUT2D eigenvalue weighted by Crippen LogP contribution is -2.15. The van der Waals surface area contributed by atoms with Crippen LogP contribution in [0.15, 0.2) is 42.5 Å². The number of hydrogen-bond acceptors (Lipinski definition) is 4. The molecule has 0 aliphatic heterocycles. The van der Waals surface area contributed by atoms with Gasteiger partial charge in [0.2, 0.25) is 0 Å². The lowest BCUT2D eigenvalue weighted by atomic mass is 9.77. The van der Waals surface area contributed by atoms with Crippen LogP contribution in [0.2, 0.25) is 0 Å². The summed E-state index contributed by atoms with van der Waals surface area (Å²) < 4.78 is 11.5. The predicted molar refractivity (Wildman–Crippen MR) is 187 cm³/mol. The van der Waals surface area contributed by atoms with Gasteiger partial charge in [0.1, 0.15) is 17.6 Å². The Morgan fingerprint density at radius 1 is 0.711 bits per heavy atom. The molecular weight excluding hydrogens is 554 g/mol. The molecule has 1 saturated carbocycles. The van der Waals surface area contributed by atoms with Gasteiger partial charge in [-0.3, -0.25) is 0 Å². The monoisotopic (exact) mass is 615 g/mol. The summed E-state index contributed by atoms with van der Waals surface area (Å²) in [4.78, 5) is 12.8. The van der Waals surface area contributed by atoms with Gasteiger partial charge in [0.15, 0.2) is 0 Å². The van der Waals surface area contributed by atoms with Crippen molar-refractivity contribution < 1.29 is 14.3 Å². The molecule has 0 spiro atoms. The van der Waals surface area contributed by atoms with Gasteiger partial charge in [0.05, 0.1) is 17.7 Å². The van der Waals surface area contributed by atoms with Gasteiger partial charge in [-0.1, -0.05) is 142 Å². The smallest absolute Gasteiger partial charge is 0.343 e. The van der Waals surface area contributed by atoms with Crippen LogP contribution in [0.5, 0.6) is 11.5 Å². The Morgan fingerprint density at radius 3 is 1.87 bits per heavy atom. The number of ether oxygens (including phenoxy) is 2. The fourth-order valence-corrected chi connectivity index (χ4v) is 6.75. The van der Waals surface area contributed by atoms with E-state index in [1.807, 2.05) is 24.3 Å². The van der Waals surface area contributed by atoms with Crippen LogP contribution in [0.3, 0.4) is 0 Å². The molecule has 2 aromatic rings. The maximum absolute atomic E-state index is 12.8. The van der Waals surface area contributed by atoms with E-state index in [0.29, 0.717) is 23.5 Å². The molecule has 3 rings (SSSR count). The quantitative estimate of drug-likeness (QED) is 0.0709. The topological polar surface area (TPSA) is 59.3 Å². The van der Waals surface area contributed by atoms with E-state index in [4.69, 9.17) is 9.47 Å². The maximum Gasteiger partial charge on any atom is 0.343 e. The first-order valence-corrected chi connectivity index (χ1v) is 18.6. The molecule has 1 aliphatic rings. The molecule has 0 atom stereocenters. The lowest BCUT2D eigenvalue weighted by Gasteiger charge is -2.28. The van der Waals surface area contributed by atoms with Gasteiger partial charge in [-0.2, -0.15) is 5.26 Å². The van der Waals surface area contributed by atoms with Crippen LogP contribution in [0.4, 0.5) is 0 Å². The van der Waals surface area contributed by atoms with E-state index in [9.17, 15) is 10.1 Å². The summed E-state index contributed by atoms with van der Waals surface area (Å²) >= 11 is 0. The van der Waals surface area contributed by atoms with Crippen molar-refractivity contribution in [1.82, 2.24) is 0 Å². The molecule has 1 fully saturated rings. The molecule has 4 nitrogen and oxygen atoms in total. The van der Waals surface area contributed by atoms with E-state index in [0.717, 1.165) is 36.0 Å². The van der Waals surface area contributed by atoms with Crippen molar-refractivity contribution in [3.8, 4) is 17.6 Å². The van der Waals surface area contributed by atoms with Crippen molar-refractivity contribution in [2.24, 2.45) is 11.8 Å². The van der Waals surface area contributed by atoms with E-state index >= 15 is 0 Å². The van der Waals surface area contributed by atoms with Gasteiger partial charge in [-0.15, -0.1) is 0 Å². The van der Waals surface area contributed by atoms with Crippen molar-refractivity contribution in [2.75, 3.05) is 6.61 Å². The van der Waals surface area contributed by atoms with Gasteiger partial charge in [0.25, 0.3) is 0 Å². The highest BCUT2D eigenvalue weighted by Crippen LogP contribution is 2.34. The van der Waals surface area contributed by atoms with E-state index in [2.05, 4.69) is 19.9 Å². The number of benzene rings is 2. The second-order valence-corrected chi connectivity index (χ2v) is 13.5. The van der Waals surface area contributed by atoms with Crippen molar-refractivity contribution in [1.29, 1.82) is 5.26 Å². The van der Waals surface area contributed by atoms with Crippen molar-refractivity contribution in [3.05, 3.63) is 59.2 Å². The maximum atomic E-state index is 12.8. The third-order valence-corrected chi connectivity index (χ3v) is 9.75. The SMILES string of the molecule is CCCCCCCCCCCCOc1ccc(C(=O)Oc2ccc(CCC3CCC(CCCCCCC)CC3)cc2C#N)cc1. The predicted octanol–water partition coefficient (Wildman–Crippen LogP) is 12.2. The Hall–Kier alpha value is -2.80. The molecule has 45 heavy (non-hydrogen) atoms. The first kappa shape index (κ1) is 36.7. The van der Waals surface area contributed by atoms with E-state index in [1.165, 1.54) is 128 Å². The number of nitriles is 1. The van der Waals surface area contributed by atoms with Crippen LogP contribution < -0.4 is 9.47 Å². The van der Waals surface area contributed by atoms with Gasteiger partial charge in [-0.25, -0.2) is 4.79 Å². The second-order valence-electron chi connectivity index (χ2n) is 13.5. The molecular formula is C41H61NO3. The van der Waals surface area contributed by atoms with Gasteiger partial charge in [0, 0.05) is 0 Å². The van der Waals surface area contributed by atoms with Crippen LogP contribution >= 0.6 is 0 Å². The number of rotatable bonds is 23. The van der Waals surface area contributed by atoms with Crippen LogP contribution in [0.1, 0.15) is 170 Å². The number of hydrogen-bond donors (Lipinski definition) is 0. The second kappa shape index (κ2) is 22.7. The number of esters is 1. The molecule has 0 unspecified atom stereocenters. The summed E-state index contributed by atoms with van der Waals surface area (Å²) in [6, 6.07) is 15.0. The highest BCUT2D eigenvalue weighted by Gasteiger charge is 2.21. The van der Waals surface area contributed by atoms with Gasteiger partial charge < -0.3 is 9.47 Å². The molecule has 0 aromatic heterocycles. The number of unbranched alkanes of at least 4 members (excludes halogenated alkanes) is 13. The first-order chi connectivity index (χ1) is 22.1. The molecule has 4 heteroatoms. The average Bonchev–Trinajstić information content (AvgIpc) is 3.07. The molecule has 248 valence electrons. The molecule has 0 N–H and O–H groups in total. The highest BCUT2D eigenvalue weighted by molar-refractivity contribution is 5.91. The number of carbonyl (C=O) groups is 1. The minimum absolute atomic E-state index is 0.326. The summed E-state index contributed by atoms with van der Waals surface area (Å²) in [5.74, 6) is 2.35. The van der Waals surface area contributed by atoms with Crippen molar-refractivity contribution >= 4 is 5.97 Å². The molecule has 0 amide bonds. The lowest BCUT2D eigenvalue weighted by molar-refractivity contribution is 0.0734. The van der Waals surface area contributed by atoms with Crippen LogP contribution in [0.25, 0.3) is 0 Å². The van der Waals surface area contributed by atoms with Gasteiger partial charge >= 0.3 is 5.97 Å². The van der Waals surface area contributed by atoms with Crippen LogP contribution in [-0.4, -0.2) is 12.6 Å². The first-order valence-electron chi connectivity index (χ1n) is 18.6. The zero-order valence-corrected chi connectivity index (χ0v) is 28.6. The summed E-state index contributed by atoms with van der Waals surface area (Å²) in [7, 11) is 0. The van der Waals surface area contributed by atoms with Crippen LogP contribution in [-0.2, 0) is 6.42 Å². The molecule has 0 heterocycles. The van der Waals surface area contributed by atoms with Crippen molar-refractivity contribution in [3.63, 3.8) is 0 Å². The Morgan fingerprint density at radius 2 is 1.27 bits per heavy atom. The zero-order chi connectivity index (χ0) is 32.0. The highest BCUT2D eigenvalue weighted by atomic mass is 16.5. The fourth-order valence-electron chi connectivity index (χ4n) is 6.75. The minimum atomic E-state index is -0.456. The molecule has 2 aromatic carbocycles. The summed E-state index contributed by atoms with van der Waals surface area (Å²) in [6.45, 7) is 5.23. The minimum Gasteiger partial charge on any atom is -0.494 e. The summed E-state index contributed by atoms with van der Waals surface area (Å²) in [5, 5.41) is 9.77. The number of carbonyl (C=O) groups excluding carboxylic acids is 1. The third-order valence-electron chi connectivity index (χ3n) is 9.75. The largest absolute Gasteiger partial charge is 0.494 e. The van der Waals surface area contributed by atoms with E-state index in [-0.39, 0.29) is 0 Å². The number of aryl methyl sites for hydroxylation is 1. The van der Waals surface area contributed by atoms with E-state index < -0.39 is 5.97 Å². The Bertz CT molecular complexity index is 1110. The Kier molecular flexibility index (Phi) is 18.5. The number of nitrogens with zero attached hydrogens (tertiary/aromatic N) is 1. The Balaban J connectivity index is 1.32.